The lowest BCUT2D eigenvalue weighted by Gasteiger charge is -2.05. The Labute approximate surface area is 119 Å². The molecule has 0 saturated heterocycles. The zero-order chi connectivity index (χ0) is 14.3. The van der Waals surface area contributed by atoms with Crippen molar-refractivity contribution in [2.45, 2.75) is 12.5 Å². The Bertz CT molecular complexity index is 487. The number of nitrogens with one attached hydrogen (secondary N) is 1. The molecular formula is C13H14BrNO4. The van der Waals surface area contributed by atoms with Gasteiger partial charge in [-0.1, -0.05) is 34.1 Å². The number of aliphatic hydroxyl groups is 1. The lowest BCUT2D eigenvalue weighted by atomic mass is 10.2. The lowest BCUT2D eigenvalue weighted by Crippen LogP contribution is -2.28. The maximum absolute atomic E-state index is 11.4. The molecule has 5 nitrogen and oxygen atoms in total. The number of carboxylic acid groups (broad SMARTS) is 1. The molecular weight excluding hydrogens is 314 g/mol. The quantitative estimate of drug-likeness (QED) is 0.689. The van der Waals surface area contributed by atoms with Gasteiger partial charge in [-0.15, -0.1) is 0 Å². The Balaban J connectivity index is 2.40. The summed E-state index contributed by atoms with van der Waals surface area (Å²) in [5, 5.41) is 20.0. The minimum absolute atomic E-state index is 0.0239. The van der Waals surface area contributed by atoms with E-state index < -0.39 is 12.1 Å². The number of halogens is 1. The Morgan fingerprint density at radius 3 is 2.68 bits per heavy atom. The molecule has 1 aromatic rings. The number of benzene rings is 1. The molecule has 0 spiro atoms. The number of carboxylic acids is 1. The van der Waals surface area contributed by atoms with E-state index in [9.17, 15) is 9.59 Å². The number of hydrogen-bond donors (Lipinski definition) is 3. The summed E-state index contributed by atoms with van der Waals surface area (Å²) in [5.41, 5.74) is 0.864. The smallest absolute Gasteiger partial charge is 0.332 e. The average molecular weight is 328 g/mol. The third kappa shape index (κ3) is 5.67. The number of aliphatic carboxylic acids is 1. The van der Waals surface area contributed by atoms with E-state index in [1.165, 1.54) is 6.08 Å². The predicted molar refractivity (Wildman–Crippen MR) is 74.4 cm³/mol. The fourth-order valence-corrected chi connectivity index (χ4v) is 1.71. The van der Waals surface area contributed by atoms with Crippen molar-refractivity contribution in [1.82, 2.24) is 5.32 Å². The molecule has 0 aliphatic carbocycles. The van der Waals surface area contributed by atoms with Gasteiger partial charge in [0.1, 0.15) is 0 Å². The molecule has 0 aliphatic heterocycles. The standard InChI is InChI=1S/C13H14BrNO4/c14-10-4-2-1-3-9(10)5-6-12(17)15-8-7-11(16)13(18)19/h1-6,11,16H,7-8H2,(H,15,17)(H,18,19)/b6-5+/t11-/m0/s1. The first-order valence-electron chi connectivity index (χ1n) is 5.62. The zero-order valence-electron chi connectivity index (χ0n) is 10.0. The van der Waals surface area contributed by atoms with Gasteiger partial charge in [-0.3, -0.25) is 4.79 Å². The zero-order valence-corrected chi connectivity index (χ0v) is 11.6. The number of rotatable bonds is 6. The van der Waals surface area contributed by atoms with Gasteiger partial charge < -0.3 is 15.5 Å². The van der Waals surface area contributed by atoms with Crippen molar-refractivity contribution in [3.05, 3.63) is 40.4 Å². The minimum atomic E-state index is -1.45. The third-order valence-electron chi connectivity index (χ3n) is 2.32. The van der Waals surface area contributed by atoms with Crippen molar-refractivity contribution in [3.8, 4) is 0 Å². The molecule has 3 N–H and O–H groups in total. The molecule has 1 atom stereocenters. The SMILES string of the molecule is O=C(/C=C/c1ccccc1Br)NCC[C@H](O)C(=O)O. The van der Waals surface area contributed by atoms with Crippen LogP contribution >= 0.6 is 15.9 Å². The van der Waals surface area contributed by atoms with Crippen molar-refractivity contribution in [1.29, 1.82) is 0 Å². The van der Waals surface area contributed by atoms with Gasteiger partial charge >= 0.3 is 5.97 Å². The van der Waals surface area contributed by atoms with E-state index in [1.807, 2.05) is 24.3 Å². The highest BCUT2D eigenvalue weighted by Gasteiger charge is 2.12. The van der Waals surface area contributed by atoms with Crippen molar-refractivity contribution >= 4 is 33.9 Å². The number of carbonyl (C=O) groups is 2. The minimum Gasteiger partial charge on any atom is -0.479 e. The van der Waals surface area contributed by atoms with Gasteiger partial charge in [0.15, 0.2) is 6.10 Å². The molecule has 0 aliphatic rings. The summed E-state index contributed by atoms with van der Waals surface area (Å²) >= 11 is 3.35. The maximum atomic E-state index is 11.4. The van der Waals surface area contributed by atoms with Crippen LogP contribution in [0.5, 0.6) is 0 Å². The molecule has 1 aromatic carbocycles. The van der Waals surface area contributed by atoms with Crippen LogP contribution in [0.4, 0.5) is 0 Å². The van der Waals surface area contributed by atoms with Crippen LogP contribution in [0, 0.1) is 0 Å². The van der Waals surface area contributed by atoms with Crippen LogP contribution in [0.1, 0.15) is 12.0 Å². The van der Waals surface area contributed by atoms with Gasteiger partial charge in [-0.05, 0) is 17.7 Å². The van der Waals surface area contributed by atoms with Crippen LogP contribution in [0.25, 0.3) is 6.08 Å². The van der Waals surface area contributed by atoms with Gasteiger partial charge in [0.2, 0.25) is 5.91 Å². The molecule has 102 valence electrons. The van der Waals surface area contributed by atoms with Crippen molar-refractivity contribution in [2.75, 3.05) is 6.54 Å². The topological polar surface area (TPSA) is 86.6 Å². The monoisotopic (exact) mass is 327 g/mol. The molecule has 0 bridgehead atoms. The van der Waals surface area contributed by atoms with E-state index in [1.54, 1.807) is 6.08 Å². The first kappa shape index (κ1) is 15.4. The Kier molecular flexibility index (Phi) is 6.24. The first-order chi connectivity index (χ1) is 9.00. The number of amides is 1. The maximum Gasteiger partial charge on any atom is 0.332 e. The molecule has 0 aromatic heterocycles. The summed E-state index contributed by atoms with van der Waals surface area (Å²) in [6.07, 6.45) is 1.53. The summed E-state index contributed by atoms with van der Waals surface area (Å²) < 4.78 is 0.875. The van der Waals surface area contributed by atoms with Gasteiger partial charge in [-0.25, -0.2) is 4.79 Å². The highest BCUT2D eigenvalue weighted by Crippen LogP contribution is 2.16. The fourth-order valence-electron chi connectivity index (χ4n) is 1.29. The molecule has 6 heteroatoms. The lowest BCUT2D eigenvalue weighted by molar-refractivity contribution is -0.147. The van der Waals surface area contributed by atoms with Crippen molar-refractivity contribution < 1.29 is 19.8 Å². The van der Waals surface area contributed by atoms with Crippen molar-refractivity contribution in [3.63, 3.8) is 0 Å². The van der Waals surface area contributed by atoms with Gasteiger partial charge in [-0.2, -0.15) is 0 Å². The fraction of sp³-hybridized carbons (Fsp3) is 0.231. The summed E-state index contributed by atoms with van der Waals surface area (Å²) in [7, 11) is 0. The second-order valence-corrected chi connectivity index (χ2v) is 4.64. The van der Waals surface area contributed by atoms with Crippen LogP contribution in [0.3, 0.4) is 0 Å². The predicted octanol–water partition coefficient (Wildman–Crippen LogP) is 1.41. The van der Waals surface area contributed by atoms with Crippen LogP contribution in [-0.4, -0.2) is 34.7 Å². The Morgan fingerprint density at radius 2 is 2.05 bits per heavy atom. The van der Waals surface area contributed by atoms with E-state index in [2.05, 4.69) is 21.2 Å². The van der Waals surface area contributed by atoms with E-state index in [-0.39, 0.29) is 18.9 Å². The van der Waals surface area contributed by atoms with Crippen LogP contribution in [0.2, 0.25) is 0 Å². The first-order valence-corrected chi connectivity index (χ1v) is 6.41. The summed E-state index contributed by atoms with van der Waals surface area (Å²) in [4.78, 5) is 21.8. The molecule has 1 amide bonds. The molecule has 0 fully saturated rings. The van der Waals surface area contributed by atoms with Gasteiger partial charge in [0.25, 0.3) is 0 Å². The Morgan fingerprint density at radius 1 is 1.37 bits per heavy atom. The normalized spacial score (nSPS) is 12.3. The van der Waals surface area contributed by atoms with Crippen molar-refractivity contribution in [2.24, 2.45) is 0 Å². The second kappa shape index (κ2) is 7.70. The summed E-state index contributed by atoms with van der Waals surface area (Å²) in [6.45, 7) is 0.104. The van der Waals surface area contributed by atoms with E-state index in [0.29, 0.717) is 0 Å². The average Bonchev–Trinajstić information content (AvgIpc) is 2.37. The second-order valence-electron chi connectivity index (χ2n) is 3.79. The number of carbonyl (C=O) groups excluding carboxylic acids is 1. The molecule has 1 rings (SSSR count). The van der Waals surface area contributed by atoms with E-state index in [4.69, 9.17) is 10.2 Å². The number of hydrogen-bond acceptors (Lipinski definition) is 3. The van der Waals surface area contributed by atoms with Gasteiger partial charge in [0.05, 0.1) is 0 Å². The van der Waals surface area contributed by atoms with Crippen LogP contribution < -0.4 is 5.32 Å². The van der Waals surface area contributed by atoms with E-state index in [0.717, 1.165) is 10.0 Å². The highest BCUT2D eigenvalue weighted by molar-refractivity contribution is 9.10. The molecule has 0 heterocycles. The number of aliphatic hydroxyl groups excluding tert-OH is 1. The summed E-state index contributed by atoms with van der Waals surface area (Å²) in [6, 6.07) is 7.43. The summed E-state index contributed by atoms with van der Waals surface area (Å²) in [5.74, 6) is -1.63. The van der Waals surface area contributed by atoms with Crippen LogP contribution in [0.15, 0.2) is 34.8 Å². The Hall–Kier alpha value is -1.66. The molecule has 0 saturated carbocycles. The van der Waals surface area contributed by atoms with Gasteiger partial charge in [0, 0.05) is 23.5 Å². The third-order valence-corrected chi connectivity index (χ3v) is 3.04. The molecule has 19 heavy (non-hydrogen) atoms. The largest absolute Gasteiger partial charge is 0.479 e. The van der Waals surface area contributed by atoms with E-state index >= 15 is 0 Å². The molecule has 0 radical (unpaired) electrons. The molecule has 0 unspecified atom stereocenters. The highest BCUT2D eigenvalue weighted by atomic mass is 79.9. The van der Waals surface area contributed by atoms with Crippen LogP contribution in [-0.2, 0) is 9.59 Å².